The number of amides is 1. The molecule has 0 fully saturated rings. The van der Waals surface area contributed by atoms with Gasteiger partial charge in [0.05, 0.1) is 18.2 Å². The Morgan fingerprint density at radius 3 is 2.37 bits per heavy atom. The maximum atomic E-state index is 12.1. The Morgan fingerprint density at radius 2 is 1.81 bits per heavy atom. The van der Waals surface area contributed by atoms with Gasteiger partial charge in [0.2, 0.25) is 0 Å². The van der Waals surface area contributed by atoms with Crippen molar-refractivity contribution in [3.8, 4) is 11.3 Å². The van der Waals surface area contributed by atoms with Crippen molar-refractivity contribution >= 4 is 12.1 Å². The predicted octanol–water partition coefficient (Wildman–Crippen LogP) is 4.41. The Bertz CT molecular complexity index is 820. The van der Waals surface area contributed by atoms with Gasteiger partial charge in [-0.05, 0) is 63.4 Å². The summed E-state index contributed by atoms with van der Waals surface area (Å²) in [4.78, 5) is 27.9. The van der Waals surface area contributed by atoms with E-state index in [1.165, 1.54) is 0 Å². The first kappa shape index (κ1) is 20.4. The number of nitrogens with one attached hydrogen (secondary N) is 1. The number of carboxylic acid groups (broad SMARTS) is 1. The van der Waals surface area contributed by atoms with Crippen molar-refractivity contribution in [2.24, 2.45) is 0 Å². The van der Waals surface area contributed by atoms with Crippen molar-refractivity contribution in [1.82, 2.24) is 10.3 Å². The minimum Gasteiger partial charge on any atom is -0.481 e. The molecule has 2 aromatic rings. The predicted molar refractivity (Wildman–Crippen MR) is 104 cm³/mol. The second-order valence-corrected chi connectivity index (χ2v) is 7.54. The molecule has 0 aliphatic heterocycles. The summed E-state index contributed by atoms with van der Waals surface area (Å²) in [6.07, 6.45) is 0.719. The Hall–Kier alpha value is -2.89. The van der Waals surface area contributed by atoms with Gasteiger partial charge in [0.1, 0.15) is 5.60 Å². The number of benzene rings is 1. The highest BCUT2D eigenvalue weighted by atomic mass is 16.6. The molecule has 6 heteroatoms. The van der Waals surface area contributed by atoms with Crippen LogP contribution in [-0.4, -0.2) is 27.8 Å². The van der Waals surface area contributed by atoms with E-state index in [4.69, 9.17) is 4.74 Å². The third-order valence-electron chi connectivity index (χ3n) is 3.99. The topological polar surface area (TPSA) is 88.5 Å². The molecule has 0 aliphatic carbocycles. The van der Waals surface area contributed by atoms with E-state index in [2.05, 4.69) is 10.3 Å². The van der Waals surface area contributed by atoms with Crippen LogP contribution in [0.25, 0.3) is 11.3 Å². The van der Waals surface area contributed by atoms with Gasteiger partial charge in [0, 0.05) is 11.8 Å². The third kappa shape index (κ3) is 5.81. The summed E-state index contributed by atoms with van der Waals surface area (Å²) >= 11 is 0. The number of rotatable bonds is 5. The summed E-state index contributed by atoms with van der Waals surface area (Å²) in [5.41, 5.74) is 3.90. The zero-order chi connectivity index (χ0) is 20.2. The van der Waals surface area contributed by atoms with E-state index in [0.29, 0.717) is 5.56 Å². The molecule has 0 aliphatic rings. The third-order valence-corrected chi connectivity index (χ3v) is 3.99. The Labute approximate surface area is 159 Å². The number of hydrogen-bond acceptors (Lipinski definition) is 4. The van der Waals surface area contributed by atoms with Crippen molar-refractivity contribution in [2.45, 2.75) is 52.7 Å². The fourth-order valence-corrected chi connectivity index (χ4v) is 2.90. The molecular weight excluding hydrogens is 344 g/mol. The van der Waals surface area contributed by atoms with Gasteiger partial charge < -0.3 is 15.2 Å². The SMILES string of the molecule is Cc1cccc(C)c1-c1cc([C@H](CC(=O)O)NC(=O)OC(C)(C)C)ccn1. The van der Waals surface area contributed by atoms with Crippen LogP contribution in [0.4, 0.5) is 4.79 Å². The molecule has 2 rings (SSSR count). The largest absolute Gasteiger partial charge is 0.481 e. The second-order valence-electron chi connectivity index (χ2n) is 7.54. The molecule has 1 amide bonds. The number of carbonyl (C=O) groups is 2. The highest BCUT2D eigenvalue weighted by Crippen LogP contribution is 2.28. The van der Waals surface area contributed by atoms with E-state index >= 15 is 0 Å². The van der Waals surface area contributed by atoms with Crippen LogP contribution >= 0.6 is 0 Å². The summed E-state index contributed by atoms with van der Waals surface area (Å²) in [7, 11) is 0. The Balaban J connectivity index is 2.36. The molecule has 27 heavy (non-hydrogen) atoms. The van der Waals surface area contributed by atoms with Crippen LogP contribution in [0.5, 0.6) is 0 Å². The second kappa shape index (κ2) is 8.20. The minimum atomic E-state index is -1.01. The molecule has 1 aromatic carbocycles. The minimum absolute atomic E-state index is 0.255. The van der Waals surface area contributed by atoms with Gasteiger partial charge in [-0.3, -0.25) is 9.78 Å². The number of carboxylic acids is 1. The molecule has 0 spiro atoms. The maximum absolute atomic E-state index is 12.1. The maximum Gasteiger partial charge on any atom is 0.408 e. The first-order chi connectivity index (χ1) is 12.6. The van der Waals surface area contributed by atoms with E-state index < -0.39 is 23.7 Å². The molecule has 0 radical (unpaired) electrons. The average molecular weight is 370 g/mol. The van der Waals surface area contributed by atoms with Crippen molar-refractivity contribution in [2.75, 3.05) is 0 Å². The van der Waals surface area contributed by atoms with Gasteiger partial charge >= 0.3 is 12.1 Å². The van der Waals surface area contributed by atoms with E-state index in [9.17, 15) is 14.7 Å². The van der Waals surface area contributed by atoms with Crippen LogP contribution in [0.2, 0.25) is 0 Å². The standard InChI is InChI=1S/C21H26N2O4/c1-13-7-6-8-14(2)19(13)17-11-15(9-10-22-17)16(12-18(24)25)23-20(26)27-21(3,4)5/h6-11,16H,12H2,1-5H3,(H,23,26)(H,24,25)/t16-/m0/s1. The summed E-state index contributed by atoms with van der Waals surface area (Å²) < 4.78 is 5.27. The van der Waals surface area contributed by atoms with E-state index in [1.54, 1.807) is 33.0 Å². The lowest BCUT2D eigenvalue weighted by molar-refractivity contribution is -0.137. The normalized spacial score (nSPS) is 12.3. The lowest BCUT2D eigenvalue weighted by Gasteiger charge is -2.23. The molecule has 144 valence electrons. The fraction of sp³-hybridized carbons (Fsp3) is 0.381. The first-order valence-electron chi connectivity index (χ1n) is 8.80. The van der Waals surface area contributed by atoms with Crippen LogP contribution in [0.15, 0.2) is 36.5 Å². The van der Waals surface area contributed by atoms with Crippen LogP contribution in [0, 0.1) is 13.8 Å². The van der Waals surface area contributed by atoms with Crippen molar-refractivity contribution in [3.63, 3.8) is 0 Å². The molecule has 6 nitrogen and oxygen atoms in total. The number of pyridine rings is 1. The van der Waals surface area contributed by atoms with Crippen LogP contribution in [-0.2, 0) is 9.53 Å². The zero-order valence-electron chi connectivity index (χ0n) is 16.4. The van der Waals surface area contributed by atoms with E-state index in [-0.39, 0.29) is 6.42 Å². The summed E-state index contributed by atoms with van der Waals surface area (Å²) in [5.74, 6) is -1.01. The summed E-state index contributed by atoms with van der Waals surface area (Å²) in [6, 6.07) is 8.80. The van der Waals surface area contributed by atoms with E-state index in [0.717, 1.165) is 22.4 Å². The van der Waals surface area contributed by atoms with Crippen LogP contribution in [0.3, 0.4) is 0 Å². The van der Waals surface area contributed by atoms with Crippen molar-refractivity contribution in [3.05, 3.63) is 53.2 Å². The highest BCUT2D eigenvalue weighted by Gasteiger charge is 2.23. The zero-order valence-corrected chi connectivity index (χ0v) is 16.4. The number of aliphatic carboxylic acids is 1. The number of ether oxygens (including phenoxy) is 1. The lowest BCUT2D eigenvalue weighted by atomic mass is 9.96. The molecule has 1 atom stereocenters. The molecule has 1 heterocycles. The van der Waals surface area contributed by atoms with Gasteiger partial charge in [-0.25, -0.2) is 4.79 Å². The molecule has 2 N–H and O–H groups in total. The number of nitrogens with zero attached hydrogens (tertiary/aromatic N) is 1. The smallest absolute Gasteiger partial charge is 0.408 e. The number of alkyl carbamates (subject to hydrolysis) is 1. The van der Waals surface area contributed by atoms with Crippen LogP contribution < -0.4 is 5.32 Å². The monoisotopic (exact) mass is 370 g/mol. The first-order valence-corrected chi connectivity index (χ1v) is 8.80. The van der Waals surface area contributed by atoms with Crippen molar-refractivity contribution in [1.29, 1.82) is 0 Å². The van der Waals surface area contributed by atoms with Gasteiger partial charge in [0.25, 0.3) is 0 Å². The van der Waals surface area contributed by atoms with Gasteiger partial charge in [-0.2, -0.15) is 0 Å². The average Bonchev–Trinajstić information content (AvgIpc) is 2.52. The quantitative estimate of drug-likeness (QED) is 0.814. The molecule has 0 unspecified atom stereocenters. The number of carbonyl (C=O) groups excluding carboxylic acids is 1. The molecule has 0 saturated carbocycles. The summed E-state index contributed by atoms with van der Waals surface area (Å²) in [6.45, 7) is 9.27. The molecule has 0 saturated heterocycles. The Kier molecular flexibility index (Phi) is 6.20. The molecule has 0 bridgehead atoms. The molecular formula is C21H26N2O4. The van der Waals surface area contributed by atoms with Crippen molar-refractivity contribution < 1.29 is 19.4 Å². The van der Waals surface area contributed by atoms with Gasteiger partial charge in [-0.1, -0.05) is 18.2 Å². The van der Waals surface area contributed by atoms with Gasteiger partial charge in [0.15, 0.2) is 0 Å². The van der Waals surface area contributed by atoms with Crippen LogP contribution in [0.1, 0.15) is 49.9 Å². The number of aromatic nitrogens is 1. The summed E-state index contributed by atoms with van der Waals surface area (Å²) in [5, 5.41) is 11.9. The number of hydrogen-bond donors (Lipinski definition) is 2. The number of aryl methyl sites for hydroxylation is 2. The highest BCUT2D eigenvalue weighted by molar-refractivity contribution is 5.73. The van der Waals surface area contributed by atoms with Gasteiger partial charge in [-0.15, -0.1) is 0 Å². The molecule has 1 aromatic heterocycles. The van der Waals surface area contributed by atoms with E-state index in [1.807, 2.05) is 38.1 Å². The fourth-order valence-electron chi connectivity index (χ4n) is 2.90. The lowest BCUT2D eigenvalue weighted by Crippen LogP contribution is -2.35. The Morgan fingerprint density at radius 1 is 1.19 bits per heavy atom.